The number of hydrogen-bond acceptors (Lipinski definition) is 4. The number of furan rings is 1. The minimum absolute atomic E-state index is 0.0397. The fourth-order valence-corrected chi connectivity index (χ4v) is 2.22. The highest BCUT2D eigenvalue weighted by atomic mass is 16.3. The second-order valence-corrected chi connectivity index (χ2v) is 4.42. The maximum absolute atomic E-state index is 12.3. The van der Waals surface area contributed by atoms with Crippen LogP contribution in [0.25, 0.3) is 0 Å². The first-order chi connectivity index (χ1) is 8.13. The maximum atomic E-state index is 12.3. The Balaban J connectivity index is 2.25. The molecular weight excluding hydrogens is 220 g/mol. The highest BCUT2D eigenvalue weighted by Crippen LogP contribution is 2.25. The molecule has 2 heterocycles. The second-order valence-electron chi connectivity index (χ2n) is 4.42. The Hall–Kier alpha value is -1.33. The van der Waals surface area contributed by atoms with E-state index in [-0.39, 0.29) is 5.91 Å². The van der Waals surface area contributed by atoms with Gasteiger partial charge in [-0.05, 0) is 32.0 Å². The van der Waals surface area contributed by atoms with Gasteiger partial charge in [-0.3, -0.25) is 4.79 Å². The lowest BCUT2D eigenvalue weighted by Crippen LogP contribution is -2.42. The molecule has 1 amide bonds. The van der Waals surface area contributed by atoms with E-state index in [1.165, 1.54) is 0 Å². The van der Waals surface area contributed by atoms with E-state index in [0.717, 1.165) is 12.0 Å². The molecule has 94 valence electrons. The maximum Gasteiger partial charge on any atom is 0.247 e. The van der Waals surface area contributed by atoms with Gasteiger partial charge in [0.25, 0.3) is 0 Å². The summed E-state index contributed by atoms with van der Waals surface area (Å²) in [5.41, 5.74) is 1.06. The first-order valence-electron chi connectivity index (χ1n) is 5.84. The first-order valence-corrected chi connectivity index (χ1v) is 5.84. The topological polar surface area (TPSA) is 65.7 Å². The molecule has 17 heavy (non-hydrogen) atoms. The standard InChI is InChI=1S/C12H18N2O3/c1-8(15)7-14-5-3-9-4-6-17-11(9)10(13-2)12(14)16/h4,6,8,10,13,15H,3,5,7H2,1-2H3. The predicted octanol–water partition coefficient (Wildman–Crippen LogP) is 0.306. The average molecular weight is 238 g/mol. The van der Waals surface area contributed by atoms with Gasteiger partial charge in [-0.2, -0.15) is 0 Å². The number of nitrogens with zero attached hydrogens (tertiary/aromatic N) is 1. The molecule has 2 N–H and O–H groups in total. The van der Waals surface area contributed by atoms with Crippen molar-refractivity contribution in [2.45, 2.75) is 25.5 Å². The highest BCUT2D eigenvalue weighted by Gasteiger charge is 2.32. The van der Waals surface area contributed by atoms with Crippen LogP contribution in [0.15, 0.2) is 16.7 Å². The number of aliphatic hydroxyl groups is 1. The van der Waals surface area contributed by atoms with Crippen molar-refractivity contribution in [1.29, 1.82) is 0 Å². The Bertz CT molecular complexity index is 400. The summed E-state index contributed by atoms with van der Waals surface area (Å²) < 4.78 is 5.39. The summed E-state index contributed by atoms with van der Waals surface area (Å²) in [6, 6.07) is 1.46. The van der Waals surface area contributed by atoms with Crippen molar-refractivity contribution in [2.24, 2.45) is 0 Å². The molecule has 0 fully saturated rings. The molecule has 1 aromatic rings. The van der Waals surface area contributed by atoms with E-state index in [0.29, 0.717) is 18.8 Å². The van der Waals surface area contributed by atoms with Crippen LogP contribution in [0, 0.1) is 0 Å². The summed E-state index contributed by atoms with van der Waals surface area (Å²) in [5, 5.41) is 12.4. The fraction of sp³-hybridized carbons (Fsp3) is 0.583. The molecule has 5 heteroatoms. The third kappa shape index (κ3) is 2.35. The quantitative estimate of drug-likeness (QED) is 0.795. The number of hydrogen-bond donors (Lipinski definition) is 2. The summed E-state index contributed by atoms with van der Waals surface area (Å²) in [4.78, 5) is 13.9. The van der Waals surface area contributed by atoms with Gasteiger partial charge in [0.2, 0.25) is 5.91 Å². The molecule has 0 aromatic carbocycles. The van der Waals surface area contributed by atoms with Crippen LogP contribution in [-0.2, 0) is 11.2 Å². The Kier molecular flexibility index (Phi) is 3.49. The van der Waals surface area contributed by atoms with Gasteiger partial charge in [0.15, 0.2) is 0 Å². The lowest BCUT2D eigenvalue weighted by atomic mass is 10.1. The van der Waals surface area contributed by atoms with Crippen LogP contribution in [0.5, 0.6) is 0 Å². The van der Waals surface area contributed by atoms with E-state index in [2.05, 4.69) is 5.32 Å². The molecule has 0 saturated carbocycles. The number of amides is 1. The van der Waals surface area contributed by atoms with E-state index >= 15 is 0 Å². The number of carbonyl (C=O) groups is 1. The highest BCUT2D eigenvalue weighted by molar-refractivity contribution is 5.83. The third-order valence-corrected chi connectivity index (χ3v) is 3.03. The van der Waals surface area contributed by atoms with E-state index in [1.54, 1.807) is 25.1 Å². The number of carbonyl (C=O) groups excluding carboxylic acids is 1. The van der Waals surface area contributed by atoms with Gasteiger partial charge in [-0.25, -0.2) is 0 Å². The normalized spacial score (nSPS) is 22.2. The number of nitrogens with one attached hydrogen (secondary N) is 1. The van der Waals surface area contributed by atoms with Gasteiger partial charge in [0.1, 0.15) is 11.8 Å². The van der Waals surface area contributed by atoms with Gasteiger partial charge in [0, 0.05) is 13.1 Å². The second kappa shape index (κ2) is 4.89. The van der Waals surface area contributed by atoms with Crippen LogP contribution in [0.1, 0.15) is 24.3 Å². The largest absolute Gasteiger partial charge is 0.467 e. The van der Waals surface area contributed by atoms with Crippen molar-refractivity contribution in [2.75, 3.05) is 20.1 Å². The molecule has 5 nitrogen and oxygen atoms in total. The van der Waals surface area contributed by atoms with Gasteiger partial charge < -0.3 is 19.7 Å². The van der Waals surface area contributed by atoms with Crippen LogP contribution in [0.3, 0.4) is 0 Å². The van der Waals surface area contributed by atoms with Crippen molar-refractivity contribution in [3.05, 3.63) is 23.7 Å². The number of likely N-dealkylation sites (N-methyl/N-ethyl adjacent to an activating group) is 1. The van der Waals surface area contributed by atoms with Gasteiger partial charge in [-0.1, -0.05) is 0 Å². The predicted molar refractivity (Wildman–Crippen MR) is 62.5 cm³/mol. The van der Waals surface area contributed by atoms with E-state index in [4.69, 9.17) is 4.42 Å². The fourth-order valence-electron chi connectivity index (χ4n) is 2.22. The molecule has 1 aliphatic heterocycles. The third-order valence-electron chi connectivity index (χ3n) is 3.03. The Morgan fingerprint density at radius 2 is 2.47 bits per heavy atom. The van der Waals surface area contributed by atoms with Crippen molar-refractivity contribution >= 4 is 5.91 Å². The first kappa shape index (κ1) is 12.1. The van der Waals surface area contributed by atoms with Gasteiger partial charge >= 0.3 is 0 Å². The van der Waals surface area contributed by atoms with E-state index in [1.807, 2.05) is 6.07 Å². The van der Waals surface area contributed by atoms with Crippen molar-refractivity contribution < 1.29 is 14.3 Å². The smallest absolute Gasteiger partial charge is 0.247 e. The molecule has 0 aliphatic carbocycles. The van der Waals surface area contributed by atoms with Gasteiger partial charge in [-0.15, -0.1) is 0 Å². The molecule has 0 bridgehead atoms. The summed E-state index contributed by atoms with van der Waals surface area (Å²) in [6.45, 7) is 2.67. The minimum Gasteiger partial charge on any atom is -0.467 e. The molecule has 1 aliphatic rings. The molecule has 0 spiro atoms. The molecule has 2 unspecified atom stereocenters. The molecular formula is C12H18N2O3. The van der Waals surface area contributed by atoms with Crippen LogP contribution < -0.4 is 5.32 Å². The number of fused-ring (bicyclic) bond motifs is 1. The SMILES string of the molecule is CNC1C(=O)N(CC(C)O)CCc2ccoc21. The van der Waals surface area contributed by atoms with Gasteiger partial charge in [0.05, 0.1) is 12.4 Å². The summed E-state index contributed by atoms with van der Waals surface area (Å²) in [5.74, 6) is 0.660. The summed E-state index contributed by atoms with van der Waals surface area (Å²) in [7, 11) is 1.74. The summed E-state index contributed by atoms with van der Waals surface area (Å²) in [6.07, 6.45) is 1.87. The Labute approximate surface area is 100 Å². The van der Waals surface area contributed by atoms with Crippen molar-refractivity contribution in [1.82, 2.24) is 10.2 Å². The lowest BCUT2D eigenvalue weighted by molar-refractivity contribution is -0.134. The Morgan fingerprint density at radius 3 is 3.12 bits per heavy atom. The molecule has 2 rings (SSSR count). The number of β-amino-alcohol motifs (C(OH)–C–C–N with tert-alkyl or cyclic N) is 1. The van der Waals surface area contributed by atoms with Crippen LogP contribution in [0.2, 0.25) is 0 Å². The number of rotatable bonds is 3. The van der Waals surface area contributed by atoms with Crippen molar-refractivity contribution in [3.63, 3.8) is 0 Å². The molecule has 2 atom stereocenters. The molecule has 1 aromatic heterocycles. The van der Waals surface area contributed by atoms with Crippen LogP contribution in [-0.4, -0.2) is 42.2 Å². The zero-order valence-corrected chi connectivity index (χ0v) is 10.1. The van der Waals surface area contributed by atoms with E-state index < -0.39 is 12.1 Å². The van der Waals surface area contributed by atoms with Crippen molar-refractivity contribution in [3.8, 4) is 0 Å². The lowest BCUT2D eigenvalue weighted by Gasteiger charge is -2.25. The summed E-state index contributed by atoms with van der Waals surface area (Å²) >= 11 is 0. The number of aliphatic hydroxyl groups excluding tert-OH is 1. The Morgan fingerprint density at radius 1 is 1.71 bits per heavy atom. The molecule has 0 radical (unpaired) electrons. The monoisotopic (exact) mass is 238 g/mol. The molecule has 0 saturated heterocycles. The van der Waals surface area contributed by atoms with E-state index in [9.17, 15) is 9.90 Å². The van der Waals surface area contributed by atoms with Crippen LogP contribution >= 0.6 is 0 Å². The van der Waals surface area contributed by atoms with Crippen LogP contribution in [0.4, 0.5) is 0 Å². The zero-order chi connectivity index (χ0) is 12.4. The zero-order valence-electron chi connectivity index (χ0n) is 10.1. The minimum atomic E-state index is -0.513. The average Bonchev–Trinajstić information content (AvgIpc) is 2.68.